The Hall–Kier alpha value is -0.763. The third-order valence-electron chi connectivity index (χ3n) is 4.49. The van der Waals surface area contributed by atoms with E-state index in [0.29, 0.717) is 0 Å². The SMILES string of the molecule is ClC1(Cl)CC[Si](c2ccccc2)(c2ccccc2)CC1. The van der Waals surface area contributed by atoms with Gasteiger partial charge in [-0.1, -0.05) is 71.0 Å². The molecule has 20 heavy (non-hydrogen) atoms. The van der Waals surface area contributed by atoms with Gasteiger partial charge < -0.3 is 0 Å². The van der Waals surface area contributed by atoms with Crippen LogP contribution in [0.3, 0.4) is 0 Å². The first-order valence-corrected chi connectivity index (χ1v) is 10.3. The third kappa shape index (κ3) is 2.67. The summed E-state index contributed by atoms with van der Waals surface area (Å²) in [5.74, 6) is 0. The summed E-state index contributed by atoms with van der Waals surface area (Å²) in [5, 5.41) is 3.02. The van der Waals surface area contributed by atoms with E-state index in [-0.39, 0.29) is 0 Å². The van der Waals surface area contributed by atoms with E-state index in [1.165, 1.54) is 10.4 Å². The first-order chi connectivity index (χ1) is 9.62. The number of benzene rings is 2. The van der Waals surface area contributed by atoms with Crippen LogP contribution < -0.4 is 10.4 Å². The predicted molar refractivity (Wildman–Crippen MR) is 91.2 cm³/mol. The smallest absolute Gasteiger partial charge is 0.102 e. The molecular formula is C17H18Cl2Si. The van der Waals surface area contributed by atoms with Crippen molar-refractivity contribution in [3.05, 3.63) is 60.7 Å². The molecule has 0 spiro atoms. The molecule has 1 heterocycles. The molecule has 3 rings (SSSR count). The molecule has 1 aliphatic heterocycles. The fraction of sp³-hybridized carbons (Fsp3) is 0.294. The molecule has 3 heteroatoms. The molecule has 2 aromatic rings. The third-order valence-corrected chi connectivity index (χ3v) is 10.3. The van der Waals surface area contributed by atoms with Crippen LogP contribution in [-0.2, 0) is 0 Å². The van der Waals surface area contributed by atoms with Gasteiger partial charge in [0.25, 0.3) is 0 Å². The summed E-state index contributed by atoms with van der Waals surface area (Å²) in [6.07, 6.45) is 1.79. The molecule has 2 aromatic carbocycles. The van der Waals surface area contributed by atoms with Gasteiger partial charge in [-0.3, -0.25) is 0 Å². The van der Waals surface area contributed by atoms with Crippen molar-refractivity contribution in [1.29, 1.82) is 0 Å². The molecule has 0 N–H and O–H groups in total. The molecule has 0 unspecified atom stereocenters. The summed E-state index contributed by atoms with van der Waals surface area (Å²) in [5.41, 5.74) is 0. The number of hydrogen-bond donors (Lipinski definition) is 0. The Balaban J connectivity index is 2.06. The van der Waals surface area contributed by atoms with Crippen LogP contribution in [0.25, 0.3) is 0 Å². The lowest BCUT2D eigenvalue weighted by Gasteiger charge is -2.40. The van der Waals surface area contributed by atoms with Crippen molar-refractivity contribution in [3.8, 4) is 0 Å². The summed E-state index contributed by atoms with van der Waals surface area (Å²) < 4.78 is -0.528. The fourth-order valence-corrected chi connectivity index (χ4v) is 9.42. The zero-order valence-corrected chi connectivity index (χ0v) is 13.9. The first kappa shape index (κ1) is 14.2. The van der Waals surface area contributed by atoms with Crippen LogP contribution >= 0.6 is 23.2 Å². The topological polar surface area (TPSA) is 0 Å². The highest BCUT2D eigenvalue weighted by atomic mass is 35.5. The Labute approximate surface area is 131 Å². The maximum Gasteiger partial charge on any atom is 0.118 e. The number of halogens is 2. The Bertz CT molecular complexity index is 515. The molecule has 0 radical (unpaired) electrons. The van der Waals surface area contributed by atoms with Gasteiger partial charge in [0, 0.05) is 0 Å². The lowest BCUT2D eigenvalue weighted by atomic mass is 10.2. The molecule has 0 aromatic heterocycles. The van der Waals surface area contributed by atoms with Crippen LogP contribution in [0.1, 0.15) is 12.8 Å². The van der Waals surface area contributed by atoms with Crippen molar-refractivity contribution in [2.45, 2.75) is 29.3 Å². The van der Waals surface area contributed by atoms with Gasteiger partial charge in [-0.2, -0.15) is 0 Å². The van der Waals surface area contributed by atoms with Gasteiger partial charge in [-0.05, 0) is 24.9 Å². The monoisotopic (exact) mass is 320 g/mol. The highest BCUT2D eigenvalue weighted by molar-refractivity contribution is 7.02. The minimum Gasteiger partial charge on any atom is -0.102 e. The van der Waals surface area contributed by atoms with Crippen molar-refractivity contribution in [3.63, 3.8) is 0 Å². The highest BCUT2D eigenvalue weighted by Gasteiger charge is 2.44. The second-order valence-electron chi connectivity index (χ2n) is 5.67. The fourth-order valence-electron chi connectivity index (χ4n) is 3.30. The van der Waals surface area contributed by atoms with Crippen molar-refractivity contribution >= 4 is 41.6 Å². The van der Waals surface area contributed by atoms with E-state index in [4.69, 9.17) is 23.2 Å². The van der Waals surface area contributed by atoms with E-state index in [9.17, 15) is 0 Å². The van der Waals surface area contributed by atoms with Crippen molar-refractivity contribution in [1.82, 2.24) is 0 Å². The summed E-state index contributed by atoms with van der Waals surface area (Å²) in [7, 11) is -1.69. The molecule has 1 saturated heterocycles. The van der Waals surface area contributed by atoms with Crippen LogP contribution in [0, 0.1) is 0 Å². The summed E-state index contributed by atoms with van der Waals surface area (Å²) >= 11 is 12.7. The molecular weight excluding hydrogens is 303 g/mol. The van der Waals surface area contributed by atoms with Crippen molar-refractivity contribution in [2.24, 2.45) is 0 Å². The minimum absolute atomic E-state index is 0.528. The number of alkyl halides is 2. The molecule has 0 bridgehead atoms. The average molecular weight is 321 g/mol. The molecule has 1 aliphatic rings. The van der Waals surface area contributed by atoms with E-state index in [0.717, 1.165) is 24.9 Å². The van der Waals surface area contributed by atoms with Gasteiger partial charge in [0.05, 0.1) is 0 Å². The zero-order chi connectivity index (χ0) is 14.1. The molecule has 0 saturated carbocycles. The van der Waals surface area contributed by atoms with Gasteiger partial charge in [0.15, 0.2) is 0 Å². The van der Waals surface area contributed by atoms with Gasteiger partial charge in [-0.15, -0.1) is 23.2 Å². The molecule has 1 fully saturated rings. The normalized spacial score (nSPS) is 20.5. The molecule has 0 aliphatic carbocycles. The number of rotatable bonds is 2. The van der Waals surface area contributed by atoms with E-state index in [1.54, 1.807) is 0 Å². The molecule has 104 valence electrons. The van der Waals surface area contributed by atoms with Crippen molar-refractivity contribution in [2.75, 3.05) is 0 Å². The second-order valence-corrected chi connectivity index (χ2v) is 11.6. The van der Waals surface area contributed by atoms with Gasteiger partial charge >= 0.3 is 0 Å². The van der Waals surface area contributed by atoms with E-state index in [1.807, 2.05) is 0 Å². The van der Waals surface area contributed by atoms with E-state index >= 15 is 0 Å². The van der Waals surface area contributed by atoms with Crippen LogP contribution in [0.4, 0.5) is 0 Å². The Kier molecular flexibility index (Phi) is 3.94. The largest absolute Gasteiger partial charge is 0.118 e. The standard InChI is InChI=1S/C17H18Cl2Si/c18-17(19)11-13-20(14-12-17,15-7-3-1-4-8-15)16-9-5-2-6-10-16/h1-10H,11-14H2. The predicted octanol–water partition coefficient (Wildman–Crippen LogP) is 4.22. The highest BCUT2D eigenvalue weighted by Crippen LogP contribution is 2.42. The van der Waals surface area contributed by atoms with Gasteiger partial charge in [-0.25, -0.2) is 0 Å². The maximum absolute atomic E-state index is 6.36. The van der Waals surface area contributed by atoms with Crippen LogP contribution in [-0.4, -0.2) is 12.4 Å². The summed E-state index contributed by atoms with van der Waals surface area (Å²) in [4.78, 5) is 0. The lowest BCUT2D eigenvalue weighted by Crippen LogP contribution is -2.60. The summed E-state index contributed by atoms with van der Waals surface area (Å²) in [6.45, 7) is 0. The van der Waals surface area contributed by atoms with E-state index < -0.39 is 12.4 Å². The lowest BCUT2D eigenvalue weighted by molar-refractivity contribution is 0.671. The van der Waals surface area contributed by atoms with Crippen LogP contribution in [0.15, 0.2) is 60.7 Å². The Morgan fingerprint density at radius 2 is 1.10 bits per heavy atom. The Morgan fingerprint density at radius 1 is 0.700 bits per heavy atom. The Morgan fingerprint density at radius 3 is 1.50 bits per heavy atom. The van der Waals surface area contributed by atoms with Crippen LogP contribution in [0.5, 0.6) is 0 Å². The maximum atomic E-state index is 6.36. The number of hydrogen-bond acceptors (Lipinski definition) is 0. The molecule has 0 nitrogen and oxygen atoms in total. The van der Waals surface area contributed by atoms with E-state index in [2.05, 4.69) is 60.7 Å². The van der Waals surface area contributed by atoms with Crippen molar-refractivity contribution < 1.29 is 0 Å². The second kappa shape index (κ2) is 5.55. The average Bonchev–Trinajstić information content (AvgIpc) is 2.50. The molecule has 0 atom stereocenters. The minimum atomic E-state index is -1.69. The molecule has 0 amide bonds. The van der Waals surface area contributed by atoms with Gasteiger partial charge in [0.2, 0.25) is 0 Å². The quantitative estimate of drug-likeness (QED) is 0.574. The summed E-state index contributed by atoms with van der Waals surface area (Å²) in [6, 6.07) is 24.2. The van der Waals surface area contributed by atoms with Crippen LogP contribution in [0.2, 0.25) is 12.1 Å². The first-order valence-electron chi connectivity index (χ1n) is 7.11. The van der Waals surface area contributed by atoms with Gasteiger partial charge in [0.1, 0.15) is 12.4 Å². The zero-order valence-electron chi connectivity index (χ0n) is 11.4.